The van der Waals surface area contributed by atoms with E-state index in [1.54, 1.807) is 7.11 Å². The van der Waals surface area contributed by atoms with Crippen molar-refractivity contribution in [1.82, 2.24) is 4.57 Å². The molecule has 3 nitrogen and oxygen atoms in total. The smallest absolute Gasteiger partial charge is 0.119 e. The van der Waals surface area contributed by atoms with Crippen LogP contribution in [0.5, 0.6) is 5.75 Å². The first kappa shape index (κ1) is 14.2. The molecule has 3 rings (SSSR count). The molecule has 2 N–H and O–H groups in total. The van der Waals surface area contributed by atoms with Crippen molar-refractivity contribution >= 4 is 26.8 Å². The number of fused-ring (bicyclic) bond motifs is 1. The molecule has 0 aliphatic rings. The molecule has 0 aliphatic carbocycles. The number of benzene rings is 2. The van der Waals surface area contributed by atoms with Crippen LogP contribution in [0.2, 0.25) is 0 Å². The Morgan fingerprint density at radius 2 is 1.95 bits per heavy atom. The van der Waals surface area contributed by atoms with Gasteiger partial charge < -0.3 is 15.0 Å². The molecule has 0 amide bonds. The predicted octanol–water partition coefficient (Wildman–Crippen LogP) is 3.92. The van der Waals surface area contributed by atoms with Crippen LogP contribution < -0.4 is 10.5 Å². The number of methoxy groups -OCH3 is 1. The number of nitrogens with zero attached hydrogens (tertiary/aromatic N) is 1. The molecule has 1 aromatic heterocycles. The van der Waals surface area contributed by atoms with Gasteiger partial charge in [-0.05, 0) is 41.3 Å². The monoisotopic (exact) mass is 344 g/mol. The van der Waals surface area contributed by atoms with Crippen LogP contribution in [0.1, 0.15) is 11.3 Å². The zero-order valence-corrected chi connectivity index (χ0v) is 13.4. The quantitative estimate of drug-likeness (QED) is 0.779. The number of aromatic nitrogens is 1. The predicted molar refractivity (Wildman–Crippen MR) is 89.6 cm³/mol. The third-order valence-corrected chi connectivity index (χ3v) is 4.46. The van der Waals surface area contributed by atoms with Crippen LogP contribution in [0.3, 0.4) is 0 Å². The van der Waals surface area contributed by atoms with Crippen molar-refractivity contribution in [2.24, 2.45) is 5.73 Å². The van der Waals surface area contributed by atoms with E-state index in [1.807, 2.05) is 12.1 Å². The van der Waals surface area contributed by atoms with Gasteiger partial charge in [-0.2, -0.15) is 0 Å². The van der Waals surface area contributed by atoms with Gasteiger partial charge in [0.05, 0.1) is 7.11 Å². The van der Waals surface area contributed by atoms with E-state index in [0.29, 0.717) is 6.54 Å². The molecule has 108 valence electrons. The summed E-state index contributed by atoms with van der Waals surface area (Å²) >= 11 is 3.62. The van der Waals surface area contributed by atoms with Crippen molar-refractivity contribution in [1.29, 1.82) is 0 Å². The van der Waals surface area contributed by atoms with Gasteiger partial charge in [0.1, 0.15) is 5.75 Å². The summed E-state index contributed by atoms with van der Waals surface area (Å²) in [4.78, 5) is 0. The number of hydrogen-bond acceptors (Lipinski definition) is 2. The van der Waals surface area contributed by atoms with Gasteiger partial charge >= 0.3 is 0 Å². The third kappa shape index (κ3) is 2.69. The molecule has 0 saturated heterocycles. The second-order valence-electron chi connectivity index (χ2n) is 4.94. The topological polar surface area (TPSA) is 40.2 Å². The summed E-state index contributed by atoms with van der Waals surface area (Å²) in [6.07, 6.45) is 0. The number of para-hydroxylation sites is 1. The molecule has 0 aliphatic heterocycles. The highest BCUT2D eigenvalue weighted by molar-refractivity contribution is 9.10. The number of nitrogens with two attached hydrogens (primary N) is 1. The summed E-state index contributed by atoms with van der Waals surface area (Å²) in [6.45, 7) is 1.29. The molecule has 3 aromatic rings. The summed E-state index contributed by atoms with van der Waals surface area (Å²) in [7, 11) is 1.68. The van der Waals surface area contributed by atoms with E-state index in [9.17, 15) is 0 Å². The number of hydrogen-bond donors (Lipinski definition) is 1. The number of rotatable bonds is 4. The van der Waals surface area contributed by atoms with E-state index >= 15 is 0 Å². The van der Waals surface area contributed by atoms with E-state index < -0.39 is 0 Å². The van der Waals surface area contributed by atoms with Gasteiger partial charge in [-0.3, -0.25) is 0 Å². The molecule has 4 heteroatoms. The fourth-order valence-corrected chi connectivity index (χ4v) is 2.96. The lowest BCUT2D eigenvalue weighted by Crippen LogP contribution is -2.08. The van der Waals surface area contributed by atoms with Crippen molar-refractivity contribution < 1.29 is 4.74 Å². The maximum atomic E-state index is 5.91. The zero-order chi connectivity index (χ0) is 14.8. The molecular formula is C17H17BrN2O. The molecule has 0 unspecified atom stereocenters. The SMILES string of the molecule is COc1ccc(Br)c(Cn2c(CN)cc3ccccc32)c1. The van der Waals surface area contributed by atoms with Gasteiger partial charge in [0.25, 0.3) is 0 Å². The molecule has 0 fully saturated rings. The first-order valence-corrected chi connectivity index (χ1v) is 7.62. The maximum Gasteiger partial charge on any atom is 0.119 e. The minimum Gasteiger partial charge on any atom is -0.497 e. The molecule has 0 atom stereocenters. The Labute approximate surface area is 132 Å². The van der Waals surface area contributed by atoms with Crippen molar-refractivity contribution in [3.05, 3.63) is 64.3 Å². The van der Waals surface area contributed by atoms with Crippen LogP contribution >= 0.6 is 15.9 Å². The molecule has 0 radical (unpaired) electrons. The van der Waals surface area contributed by atoms with Crippen LogP contribution in [0.15, 0.2) is 53.0 Å². The van der Waals surface area contributed by atoms with Crippen molar-refractivity contribution in [2.75, 3.05) is 7.11 Å². The standard InChI is InChI=1S/C17H17BrN2O/c1-21-15-6-7-16(18)13(9-15)11-20-14(10-19)8-12-4-2-3-5-17(12)20/h2-9H,10-11,19H2,1H3. The van der Waals surface area contributed by atoms with Gasteiger partial charge in [-0.1, -0.05) is 34.1 Å². The average molecular weight is 345 g/mol. The normalized spacial score (nSPS) is 11.0. The van der Waals surface area contributed by atoms with E-state index in [1.165, 1.54) is 16.5 Å². The van der Waals surface area contributed by atoms with Gasteiger partial charge in [0, 0.05) is 28.8 Å². The number of halogens is 1. The largest absolute Gasteiger partial charge is 0.497 e. The van der Waals surface area contributed by atoms with Gasteiger partial charge in [-0.25, -0.2) is 0 Å². The highest BCUT2D eigenvalue weighted by Crippen LogP contribution is 2.26. The molecule has 21 heavy (non-hydrogen) atoms. The van der Waals surface area contributed by atoms with Crippen LogP contribution in [-0.4, -0.2) is 11.7 Å². The molecular weight excluding hydrogens is 328 g/mol. The average Bonchev–Trinajstić information content (AvgIpc) is 2.87. The van der Waals surface area contributed by atoms with E-state index in [-0.39, 0.29) is 0 Å². The lowest BCUT2D eigenvalue weighted by Gasteiger charge is -2.12. The Morgan fingerprint density at radius 1 is 1.14 bits per heavy atom. The summed E-state index contributed by atoms with van der Waals surface area (Å²) in [5.41, 5.74) is 9.41. The first-order chi connectivity index (χ1) is 10.2. The Hall–Kier alpha value is -1.78. The number of ether oxygens (including phenoxy) is 1. The van der Waals surface area contributed by atoms with Crippen LogP contribution in [0, 0.1) is 0 Å². The van der Waals surface area contributed by atoms with E-state index in [4.69, 9.17) is 10.5 Å². The minimum atomic E-state index is 0.524. The molecule has 2 aromatic carbocycles. The Morgan fingerprint density at radius 3 is 2.71 bits per heavy atom. The first-order valence-electron chi connectivity index (χ1n) is 6.82. The second-order valence-corrected chi connectivity index (χ2v) is 5.80. The van der Waals surface area contributed by atoms with E-state index in [2.05, 4.69) is 56.9 Å². The molecule has 0 spiro atoms. The van der Waals surface area contributed by atoms with Crippen molar-refractivity contribution in [3.8, 4) is 5.75 Å². The fourth-order valence-electron chi connectivity index (χ4n) is 2.59. The van der Waals surface area contributed by atoms with Crippen molar-refractivity contribution in [3.63, 3.8) is 0 Å². The van der Waals surface area contributed by atoms with Crippen LogP contribution in [0.25, 0.3) is 10.9 Å². The lowest BCUT2D eigenvalue weighted by atomic mass is 10.2. The summed E-state index contributed by atoms with van der Waals surface area (Å²) in [5, 5.41) is 1.22. The highest BCUT2D eigenvalue weighted by atomic mass is 79.9. The van der Waals surface area contributed by atoms with Crippen molar-refractivity contribution in [2.45, 2.75) is 13.1 Å². The van der Waals surface area contributed by atoms with Gasteiger partial charge in [0.2, 0.25) is 0 Å². The van der Waals surface area contributed by atoms with Crippen LogP contribution in [0.4, 0.5) is 0 Å². The van der Waals surface area contributed by atoms with E-state index in [0.717, 1.165) is 22.5 Å². The maximum absolute atomic E-state index is 5.91. The Bertz CT molecular complexity index is 780. The van der Waals surface area contributed by atoms with Gasteiger partial charge in [-0.15, -0.1) is 0 Å². The summed E-state index contributed by atoms with van der Waals surface area (Å²) in [5.74, 6) is 0.860. The second kappa shape index (κ2) is 5.92. The zero-order valence-electron chi connectivity index (χ0n) is 11.8. The third-order valence-electron chi connectivity index (χ3n) is 3.69. The Kier molecular flexibility index (Phi) is 3.99. The molecule has 0 bridgehead atoms. The highest BCUT2D eigenvalue weighted by Gasteiger charge is 2.10. The van der Waals surface area contributed by atoms with Gasteiger partial charge in [0.15, 0.2) is 0 Å². The minimum absolute atomic E-state index is 0.524. The Balaban J connectivity index is 2.09. The fraction of sp³-hybridized carbons (Fsp3) is 0.176. The molecule has 1 heterocycles. The van der Waals surface area contributed by atoms with Crippen LogP contribution in [-0.2, 0) is 13.1 Å². The summed E-state index contributed by atoms with van der Waals surface area (Å²) in [6, 6.07) is 16.5. The summed E-state index contributed by atoms with van der Waals surface area (Å²) < 4.78 is 8.65. The molecule has 0 saturated carbocycles. The lowest BCUT2D eigenvalue weighted by molar-refractivity contribution is 0.414.